The second kappa shape index (κ2) is 5.08. The summed E-state index contributed by atoms with van der Waals surface area (Å²) in [5, 5.41) is 6.27. The second-order valence-electron chi connectivity index (χ2n) is 5.01. The van der Waals surface area contributed by atoms with Gasteiger partial charge in [0, 0.05) is 12.2 Å². The molecule has 1 fully saturated rings. The lowest BCUT2D eigenvalue weighted by atomic mass is 9.98. The third kappa shape index (κ3) is 2.40. The molecule has 0 spiro atoms. The molecule has 1 aromatic rings. The molecule has 1 atom stereocenters. The Bertz CT molecular complexity index is 453. The number of carbonyl (C=O) groups excluding carboxylic acids is 1. The van der Waals surface area contributed by atoms with Crippen molar-refractivity contribution in [2.24, 2.45) is 5.92 Å². The predicted octanol–water partition coefficient (Wildman–Crippen LogP) is 1.65. The van der Waals surface area contributed by atoms with Gasteiger partial charge in [-0.3, -0.25) is 4.79 Å². The fourth-order valence-corrected chi connectivity index (χ4v) is 2.57. The normalized spacial score (nSPS) is 22.6. The van der Waals surface area contributed by atoms with Gasteiger partial charge in [0.15, 0.2) is 0 Å². The number of benzene rings is 1. The van der Waals surface area contributed by atoms with Gasteiger partial charge in [0.1, 0.15) is 0 Å². The lowest BCUT2D eigenvalue weighted by molar-refractivity contribution is -0.120. The molecule has 1 amide bonds. The van der Waals surface area contributed by atoms with Gasteiger partial charge in [-0.05, 0) is 42.6 Å². The SMILES string of the molecule is O=C(Nc1ccc2c(c1)COC2)[C@H]1CCCNC1. The first-order chi connectivity index (χ1) is 8.83. The van der Waals surface area contributed by atoms with Gasteiger partial charge < -0.3 is 15.4 Å². The van der Waals surface area contributed by atoms with E-state index in [9.17, 15) is 4.79 Å². The van der Waals surface area contributed by atoms with Crippen molar-refractivity contribution in [1.82, 2.24) is 5.32 Å². The van der Waals surface area contributed by atoms with Crippen molar-refractivity contribution in [3.63, 3.8) is 0 Å². The van der Waals surface area contributed by atoms with Crippen molar-refractivity contribution in [3.05, 3.63) is 29.3 Å². The number of hydrogen-bond acceptors (Lipinski definition) is 3. The van der Waals surface area contributed by atoms with Crippen LogP contribution in [-0.4, -0.2) is 19.0 Å². The summed E-state index contributed by atoms with van der Waals surface area (Å²) in [6.07, 6.45) is 2.06. The maximum Gasteiger partial charge on any atom is 0.228 e. The first-order valence-electron chi connectivity index (χ1n) is 6.54. The molecule has 2 aliphatic rings. The van der Waals surface area contributed by atoms with E-state index in [2.05, 4.69) is 10.6 Å². The van der Waals surface area contributed by atoms with Crippen molar-refractivity contribution in [2.75, 3.05) is 18.4 Å². The smallest absolute Gasteiger partial charge is 0.228 e. The number of ether oxygens (including phenoxy) is 1. The van der Waals surface area contributed by atoms with Crippen LogP contribution in [0.2, 0.25) is 0 Å². The topological polar surface area (TPSA) is 50.4 Å². The quantitative estimate of drug-likeness (QED) is 0.834. The second-order valence-corrected chi connectivity index (χ2v) is 5.01. The van der Waals surface area contributed by atoms with Crippen molar-refractivity contribution in [2.45, 2.75) is 26.1 Å². The minimum Gasteiger partial charge on any atom is -0.372 e. The molecule has 2 heterocycles. The van der Waals surface area contributed by atoms with Gasteiger partial charge in [-0.2, -0.15) is 0 Å². The van der Waals surface area contributed by atoms with E-state index in [0.29, 0.717) is 13.2 Å². The Balaban J connectivity index is 1.66. The number of anilines is 1. The third-order valence-electron chi connectivity index (χ3n) is 3.66. The molecule has 1 aromatic carbocycles. The summed E-state index contributed by atoms with van der Waals surface area (Å²) in [5.74, 6) is 0.226. The lowest BCUT2D eigenvalue weighted by Crippen LogP contribution is -2.37. The van der Waals surface area contributed by atoms with Gasteiger partial charge in [-0.15, -0.1) is 0 Å². The van der Waals surface area contributed by atoms with E-state index in [-0.39, 0.29) is 11.8 Å². The van der Waals surface area contributed by atoms with Crippen LogP contribution in [0.15, 0.2) is 18.2 Å². The minimum atomic E-state index is 0.100. The van der Waals surface area contributed by atoms with Crippen LogP contribution in [0.5, 0.6) is 0 Å². The predicted molar refractivity (Wildman–Crippen MR) is 69.2 cm³/mol. The lowest BCUT2D eigenvalue weighted by Gasteiger charge is -2.22. The highest BCUT2D eigenvalue weighted by Gasteiger charge is 2.21. The van der Waals surface area contributed by atoms with Gasteiger partial charge in [0.2, 0.25) is 5.91 Å². The van der Waals surface area contributed by atoms with Crippen LogP contribution in [0.25, 0.3) is 0 Å². The molecule has 0 radical (unpaired) electrons. The van der Waals surface area contributed by atoms with E-state index in [4.69, 9.17) is 4.74 Å². The standard InChI is InChI=1S/C14H18N2O2/c17-14(10-2-1-5-15-7-10)16-13-4-3-11-8-18-9-12(11)6-13/h3-4,6,10,15H,1-2,5,7-9H2,(H,16,17)/t10-/m0/s1. The van der Waals surface area contributed by atoms with Gasteiger partial charge in [-0.25, -0.2) is 0 Å². The number of carbonyl (C=O) groups is 1. The van der Waals surface area contributed by atoms with Crippen LogP contribution in [0.1, 0.15) is 24.0 Å². The van der Waals surface area contributed by atoms with Crippen LogP contribution in [0.3, 0.4) is 0 Å². The number of fused-ring (bicyclic) bond motifs is 1. The highest BCUT2D eigenvalue weighted by atomic mass is 16.5. The van der Waals surface area contributed by atoms with E-state index in [1.54, 1.807) is 0 Å². The molecule has 96 valence electrons. The Morgan fingerprint density at radius 2 is 2.22 bits per heavy atom. The molecule has 0 unspecified atom stereocenters. The van der Waals surface area contributed by atoms with Crippen LogP contribution >= 0.6 is 0 Å². The zero-order valence-corrected chi connectivity index (χ0v) is 10.4. The van der Waals surface area contributed by atoms with Gasteiger partial charge in [-0.1, -0.05) is 6.07 Å². The molecule has 0 bridgehead atoms. The van der Waals surface area contributed by atoms with Gasteiger partial charge in [0.05, 0.1) is 19.1 Å². The van der Waals surface area contributed by atoms with E-state index in [1.807, 2.05) is 18.2 Å². The van der Waals surface area contributed by atoms with Crippen molar-refractivity contribution < 1.29 is 9.53 Å². The van der Waals surface area contributed by atoms with Crippen LogP contribution in [0, 0.1) is 5.92 Å². The average molecular weight is 246 g/mol. The first-order valence-corrected chi connectivity index (χ1v) is 6.54. The summed E-state index contributed by atoms with van der Waals surface area (Å²) in [5.41, 5.74) is 3.30. The molecule has 0 saturated carbocycles. The van der Waals surface area contributed by atoms with Crippen LogP contribution in [0.4, 0.5) is 5.69 Å². The largest absolute Gasteiger partial charge is 0.372 e. The van der Waals surface area contributed by atoms with Crippen molar-refractivity contribution in [3.8, 4) is 0 Å². The molecule has 18 heavy (non-hydrogen) atoms. The Labute approximate surface area is 107 Å². The summed E-state index contributed by atoms with van der Waals surface area (Å²) in [6.45, 7) is 3.17. The average Bonchev–Trinajstić information content (AvgIpc) is 2.87. The molecule has 3 rings (SSSR count). The highest BCUT2D eigenvalue weighted by molar-refractivity contribution is 5.92. The minimum absolute atomic E-state index is 0.100. The fraction of sp³-hybridized carbons (Fsp3) is 0.500. The van der Waals surface area contributed by atoms with E-state index < -0.39 is 0 Å². The Kier molecular flexibility index (Phi) is 3.30. The molecular weight excluding hydrogens is 228 g/mol. The summed E-state index contributed by atoms with van der Waals surface area (Å²) in [6, 6.07) is 6.02. The third-order valence-corrected chi connectivity index (χ3v) is 3.66. The number of nitrogens with one attached hydrogen (secondary N) is 2. The highest BCUT2D eigenvalue weighted by Crippen LogP contribution is 2.23. The summed E-state index contributed by atoms with van der Waals surface area (Å²) >= 11 is 0. The molecule has 2 aliphatic heterocycles. The Morgan fingerprint density at radius 3 is 3.06 bits per heavy atom. The van der Waals surface area contributed by atoms with Gasteiger partial charge in [0.25, 0.3) is 0 Å². The molecule has 0 aromatic heterocycles. The molecule has 4 heteroatoms. The number of piperidine rings is 1. The summed E-state index contributed by atoms with van der Waals surface area (Å²) in [4.78, 5) is 12.1. The van der Waals surface area contributed by atoms with E-state index in [0.717, 1.165) is 31.6 Å². The Morgan fingerprint density at radius 1 is 1.33 bits per heavy atom. The molecule has 2 N–H and O–H groups in total. The number of hydrogen-bond donors (Lipinski definition) is 2. The first kappa shape index (κ1) is 11.7. The van der Waals surface area contributed by atoms with Crippen LogP contribution in [-0.2, 0) is 22.7 Å². The zero-order chi connectivity index (χ0) is 12.4. The molecule has 0 aliphatic carbocycles. The van der Waals surface area contributed by atoms with Crippen molar-refractivity contribution >= 4 is 11.6 Å². The zero-order valence-electron chi connectivity index (χ0n) is 10.4. The number of amides is 1. The summed E-state index contributed by atoms with van der Waals surface area (Å²) in [7, 11) is 0. The maximum absolute atomic E-state index is 12.1. The monoisotopic (exact) mass is 246 g/mol. The fourth-order valence-electron chi connectivity index (χ4n) is 2.57. The maximum atomic E-state index is 12.1. The molecular formula is C14H18N2O2. The molecule has 1 saturated heterocycles. The molecule has 4 nitrogen and oxygen atoms in total. The number of rotatable bonds is 2. The van der Waals surface area contributed by atoms with Crippen LogP contribution < -0.4 is 10.6 Å². The van der Waals surface area contributed by atoms with Crippen molar-refractivity contribution in [1.29, 1.82) is 0 Å². The van der Waals surface area contributed by atoms with Gasteiger partial charge >= 0.3 is 0 Å². The Hall–Kier alpha value is -1.39. The van der Waals surface area contributed by atoms with E-state index in [1.165, 1.54) is 11.1 Å². The summed E-state index contributed by atoms with van der Waals surface area (Å²) < 4.78 is 5.37. The van der Waals surface area contributed by atoms with E-state index >= 15 is 0 Å².